The highest BCUT2D eigenvalue weighted by Gasteiger charge is 2.18. The van der Waals surface area contributed by atoms with Crippen LogP contribution in [0.3, 0.4) is 0 Å². The average molecular weight is 337 g/mol. The van der Waals surface area contributed by atoms with Crippen LogP contribution in [0.4, 0.5) is 0 Å². The molecule has 3 rings (SSSR count). The average Bonchev–Trinajstić information content (AvgIpc) is 3.26. The molecule has 0 aliphatic heterocycles. The van der Waals surface area contributed by atoms with E-state index >= 15 is 0 Å². The molecule has 0 fully saturated rings. The Kier molecular flexibility index (Phi) is 4.44. The highest BCUT2D eigenvalue weighted by molar-refractivity contribution is 5.93. The predicted molar refractivity (Wildman–Crippen MR) is 96.7 cm³/mol. The van der Waals surface area contributed by atoms with Gasteiger partial charge >= 0.3 is 0 Å². The minimum absolute atomic E-state index is 0.124. The number of nitrogens with one attached hydrogen (secondary N) is 1. The van der Waals surface area contributed by atoms with E-state index in [0.29, 0.717) is 5.56 Å². The second-order valence-corrected chi connectivity index (χ2v) is 7.09. The van der Waals surface area contributed by atoms with Gasteiger partial charge in [0.25, 0.3) is 5.91 Å². The Morgan fingerprint density at radius 3 is 2.64 bits per heavy atom. The second kappa shape index (κ2) is 6.55. The first-order chi connectivity index (χ1) is 11.8. The number of rotatable bonds is 4. The molecule has 0 spiro atoms. The fraction of sp³-hybridized carbons (Fsp3) is 0.316. The molecule has 2 heterocycles. The van der Waals surface area contributed by atoms with E-state index in [-0.39, 0.29) is 17.5 Å². The maximum atomic E-state index is 12.5. The van der Waals surface area contributed by atoms with Gasteiger partial charge in [0.1, 0.15) is 0 Å². The molecular formula is C19H23N5O. The van der Waals surface area contributed by atoms with Gasteiger partial charge in [-0.2, -0.15) is 10.2 Å². The van der Waals surface area contributed by atoms with Gasteiger partial charge in [-0.1, -0.05) is 12.1 Å². The summed E-state index contributed by atoms with van der Waals surface area (Å²) in [6.45, 7) is 8.11. The van der Waals surface area contributed by atoms with Gasteiger partial charge in [-0.3, -0.25) is 9.48 Å². The minimum Gasteiger partial charge on any atom is -0.345 e. The van der Waals surface area contributed by atoms with Crippen LogP contribution in [0.2, 0.25) is 0 Å². The van der Waals surface area contributed by atoms with Gasteiger partial charge in [-0.05, 0) is 51.5 Å². The first kappa shape index (κ1) is 17.0. The summed E-state index contributed by atoms with van der Waals surface area (Å²) in [4.78, 5) is 12.5. The monoisotopic (exact) mass is 337 g/mol. The maximum absolute atomic E-state index is 12.5. The van der Waals surface area contributed by atoms with Gasteiger partial charge in [0, 0.05) is 18.6 Å². The fourth-order valence-corrected chi connectivity index (χ4v) is 2.53. The molecule has 0 aliphatic carbocycles. The SMILES string of the molecule is C[C@@H](NC(=O)c1cnn(C(C)(C)C)c1)c1cccc(-n2cccn2)c1. The standard InChI is InChI=1S/C19H23N5O/c1-14(15-7-5-8-17(11-15)23-10-6-9-20-23)22-18(25)16-12-21-24(13-16)19(2,3)4/h5-14H,1-4H3,(H,22,25)/t14-/m1/s1. The number of amides is 1. The van der Waals surface area contributed by atoms with E-state index < -0.39 is 0 Å². The van der Waals surface area contributed by atoms with Crippen molar-refractivity contribution in [3.05, 3.63) is 66.2 Å². The van der Waals surface area contributed by atoms with Gasteiger partial charge in [-0.25, -0.2) is 4.68 Å². The molecule has 0 saturated carbocycles. The minimum atomic E-state index is -0.151. The third kappa shape index (κ3) is 3.79. The van der Waals surface area contributed by atoms with Crippen LogP contribution in [0.5, 0.6) is 0 Å². The van der Waals surface area contributed by atoms with Crippen LogP contribution in [-0.4, -0.2) is 25.5 Å². The molecule has 0 saturated heterocycles. The number of aromatic nitrogens is 4. The molecular weight excluding hydrogens is 314 g/mol. The number of carbonyl (C=O) groups is 1. The Morgan fingerprint density at radius 2 is 2.00 bits per heavy atom. The van der Waals surface area contributed by atoms with Gasteiger partial charge in [0.15, 0.2) is 0 Å². The lowest BCUT2D eigenvalue weighted by atomic mass is 10.1. The molecule has 130 valence electrons. The third-order valence-electron chi connectivity index (χ3n) is 4.02. The van der Waals surface area contributed by atoms with E-state index in [1.54, 1.807) is 28.0 Å². The van der Waals surface area contributed by atoms with Crippen molar-refractivity contribution in [1.29, 1.82) is 0 Å². The van der Waals surface area contributed by atoms with E-state index in [1.165, 1.54) is 0 Å². The first-order valence-electron chi connectivity index (χ1n) is 8.30. The summed E-state index contributed by atoms with van der Waals surface area (Å²) in [5, 5.41) is 11.5. The van der Waals surface area contributed by atoms with Crippen molar-refractivity contribution in [2.75, 3.05) is 0 Å². The second-order valence-electron chi connectivity index (χ2n) is 7.09. The zero-order valence-electron chi connectivity index (χ0n) is 15.0. The largest absolute Gasteiger partial charge is 0.345 e. The Morgan fingerprint density at radius 1 is 1.20 bits per heavy atom. The summed E-state index contributed by atoms with van der Waals surface area (Å²) in [5.74, 6) is -0.132. The lowest BCUT2D eigenvalue weighted by Gasteiger charge is -2.18. The number of nitrogens with zero attached hydrogens (tertiary/aromatic N) is 4. The number of hydrogen-bond acceptors (Lipinski definition) is 3. The summed E-state index contributed by atoms with van der Waals surface area (Å²) in [6.07, 6.45) is 7.02. The van der Waals surface area contributed by atoms with Crippen LogP contribution in [0.15, 0.2) is 55.1 Å². The quantitative estimate of drug-likeness (QED) is 0.794. The Hall–Kier alpha value is -2.89. The lowest BCUT2D eigenvalue weighted by molar-refractivity contribution is 0.0939. The molecule has 0 radical (unpaired) electrons. The molecule has 0 aliphatic rings. The van der Waals surface area contributed by atoms with E-state index in [1.807, 2.05) is 64.2 Å². The summed E-state index contributed by atoms with van der Waals surface area (Å²) in [7, 11) is 0. The molecule has 6 heteroatoms. The zero-order chi connectivity index (χ0) is 18.0. The van der Waals surface area contributed by atoms with Crippen LogP contribution in [0.25, 0.3) is 5.69 Å². The van der Waals surface area contributed by atoms with Crippen molar-refractivity contribution in [1.82, 2.24) is 24.9 Å². The predicted octanol–water partition coefficient (Wildman–Crippen LogP) is 3.31. The summed E-state index contributed by atoms with van der Waals surface area (Å²) >= 11 is 0. The molecule has 0 unspecified atom stereocenters. The molecule has 1 atom stereocenters. The number of hydrogen-bond donors (Lipinski definition) is 1. The number of carbonyl (C=O) groups excluding carboxylic acids is 1. The summed E-state index contributed by atoms with van der Waals surface area (Å²) in [6, 6.07) is 9.73. The van der Waals surface area contributed by atoms with Crippen molar-refractivity contribution in [3.63, 3.8) is 0 Å². The highest BCUT2D eigenvalue weighted by atomic mass is 16.1. The molecule has 25 heavy (non-hydrogen) atoms. The topological polar surface area (TPSA) is 64.7 Å². The van der Waals surface area contributed by atoms with Crippen molar-refractivity contribution in [3.8, 4) is 5.69 Å². The van der Waals surface area contributed by atoms with Gasteiger partial charge in [-0.15, -0.1) is 0 Å². The number of benzene rings is 1. The van der Waals surface area contributed by atoms with E-state index in [2.05, 4.69) is 15.5 Å². The van der Waals surface area contributed by atoms with Crippen molar-refractivity contribution < 1.29 is 4.79 Å². The lowest BCUT2D eigenvalue weighted by Crippen LogP contribution is -2.27. The van der Waals surface area contributed by atoms with E-state index in [0.717, 1.165) is 11.3 Å². The smallest absolute Gasteiger partial charge is 0.254 e. The normalized spacial score (nSPS) is 12.8. The van der Waals surface area contributed by atoms with Crippen LogP contribution in [0, 0.1) is 0 Å². The molecule has 1 amide bonds. The van der Waals surface area contributed by atoms with Gasteiger partial charge < -0.3 is 5.32 Å². The van der Waals surface area contributed by atoms with Crippen LogP contribution in [-0.2, 0) is 5.54 Å². The van der Waals surface area contributed by atoms with Crippen molar-refractivity contribution in [2.24, 2.45) is 0 Å². The Labute approximate surface area is 147 Å². The molecule has 1 aromatic carbocycles. The maximum Gasteiger partial charge on any atom is 0.254 e. The van der Waals surface area contributed by atoms with Crippen LogP contribution < -0.4 is 5.32 Å². The van der Waals surface area contributed by atoms with Crippen LogP contribution >= 0.6 is 0 Å². The molecule has 0 bridgehead atoms. The van der Waals surface area contributed by atoms with E-state index in [4.69, 9.17) is 0 Å². The summed E-state index contributed by atoms with van der Waals surface area (Å²) in [5.41, 5.74) is 2.39. The molecule has 2 aromatic heterocycles. The molecule has 3 aromatic rings. The Balaban J connectivity index is 1.74. The zero-order valence-corrected chi connectivity index (χ0v) is 15.0. The Bertz CT molecular complexity index is 858. The van der Waals surface area contributed by atoms with Crippen molar-refractivity contribution in [2.45, 2.75) is 39.3 Å². The third-order valence-corrected chi connectivity index (χ3v) is 4.02. The van der Waals surface area contributed by atoms with Gasteiger partial charge in [0.05, 0.1) is 29.0 Å². The molecule has 1 N–H and O–H groups in total. The van der Waals surface area contributed by atoms with Crippen LogP contribution in [0.1, 0.15) is 49.7 Å². The highest BCUT2D eigenvalue weighted by Crippen LogP contribution is 2.18. The summed E-state index contributed by atoms with van der Waals surface area (Å²) < 4.78 is 3.59. The first-order valence-corrected chi connectivity index (χ1v) is 8.30. The fourth-order valence-electron chi connectivity index (χ4n) is 2.53. The van der Waals surface area contributed by atoms with Crippen molar-refractivity contribution >= 4 is 5.91 Å². The van der Waals surface area contributed by atoms with E-state index in [9.17, 15) is 4.79 Å². The molecule has 6 nitrogen and oxygen atoms in total. The van der Waals surface area contributed by atoms with Gasteiger partial charge in [0.2, 0.25) is 0 Å².